The summed E-state index contributed by atoms with van der Waals surface area (Å²) >= 11 is 5.76. The van der Waals surface area contributed by atoms with Crippen molar-refractivity contribution in [2.45, 2.75) is 13.0 Å². The summed E-state index contributed by atoms with van der Waals surface area (Å²) in [7, 11) is 1.59. The molecule has 0 aliphatic rings. The molecule has 0 saturated heterocycles. The quantitative estimate of drug-likeness (QED) is 0.807. The molecule has 3 nitrogen and oxygen atoms in total. The van der Waals surface area contributed by atoms with Crippen molar-refractivity contribution in [3.05, 3.63) is 64.4 Å². The van der Waals surface area contributed by atoms with E-state index in [1.807, 2.05) is 0 Å². The van der Waals surface area contributed by atoms with E-state index in [2.05, 4.69) is 4.98 Å². The standard InChI is InChI=1S/C15H13ClF2N2O/c1-9(10-3-4-12(17)13(18)7-10)20(2)15(21)11-5-6-19-14(16)8-11/h3-9H,1-2H3. The van der Waals surface area contributed by atoms with Crippen LogP contribution < -0.4 is 0 Å². The minimum absolute atomic E-state index is 0.217. The maximum absolute atomic E-state index is 13.3. The Hall–Kier alpha value is -2.01. The first-order valence-electron chi connectivity index (χ1n) is 6.24. The van der Waals surface area contributed by atoms with Crippen molar-refractivity contribution in [3.8, 4) is 0 Å². The molecule has 6 heteroatoms. The first kappa shape index (κ1) is 15.4. The van der Waals surface area contributed by atoms with Crippen LogP contribution in [0.5, 0.6) is 0 Å². The van der Waals surface area contributed by atoms with Crippen molar-refractivity contribution < 1.29 is 13.6 Å². The second-order valence-electron chi connectivity index (χ2n) is 4.63. The maximum Gasteiger partial charge on any atom is 0.254 e. The molecule has 1 unspecified atom stereocenters. The zero-order chi connectivity index (χ0) is 15.6. The van der Waals surface area contributed by atoms with Gasteiger partial charge in [-0.2, -0.15) is 0 Å². The van der Waals surface area contributed by atoms with Gasteiger partial charge in [0.05, 0.1) is 6.04 Å². The highest BCUT2D eigenvalue weighted by atomic mass is 35.5. The van der Waals surface area contributed by atoms with E-state index in [1.54, 1.807) is 20.0 Å². The predicted molar refractivity (Wildman–Crippen MR) is 76.1 cm³/mol. The van der Waals surface area contributed by atoms with Crippen molar-refractivity contribution in [3.63, 3.8) is 0 Å². The molecule has 2 rings (SSSR count). The summed E-state index contributed by atoms with van der Waals surface area (Å²) in [5, 5.41) is 0.217. The van der Waals surface area contributed by atoms with E-state index in [4.69, 9.17) is 11.6 Å². The summed E-state index contributed by atoms with van der Waals surface area (Å²) in [4.78, 5) is 17.6. The van der Waals surface area contributed by atoms with Gasteiger partial charge in [-0.15, -0.1) is 0 Å². The third-order valence-electron chi connectivity index (χ3n) is 3.30. The molecule has 0 radical (unpaired) electrons. The summed E-state index contributed by atoms with van der Waals surface area (Å²) in [6, 6.07) is 6.17. The summed E-state index contributed by atoms with van der Waals surface area (Å²) in [5.41, 5.74) is 0.886. The fourth-order valence-corrected chi connectivity index (χ4v) is 2.08. The van der Waals surface area contributed by atoms with Crippen LogP contribution in [0.25, 0.3) is 0 Å². The molecule has 21 heavy (non-hydrogen) atoms. The van der Waals surface area contributed by atoms with E-state index in [1.165, 1.54) is 23.2 Å². The molecule has 110 valence electrons. The highest BCUT2D eigenvalue weighted by molar-refractivity contribution is 6.29. The number of aromatic nitrogens is 1. The highest BCUT2D eigenvalue weighted by Gasteiger charge is 2.20. The Balaban J connectivity index is 2.24. The lowest BCUT2D eigenvalue weighted by molar-refractivity contribution is 0.0742. The molecule has 1 atom stereocenters. The Morgan fingerprint density at radius 2 is 1.95 bits per heavy atom. The second kappa shape index (κ2) is 6.18. The molecule has 1 aromatic heterocycles. The fourth-order valence-electron chi connectivity index (χ4n) is 1.91. The highest BCUT2D eigenvalue weighted by Crippen LogP contribution is 2.22. The van der Waals surface area contributed by atoms with Crippen LogP contribution >= 0.6 is 11.6 Å². The fraction of sp³-hybridized carbons (Fsp3) is 0.200. The number of hydrogen-bond donors (Lipinski definition) is 0. The summed E-state index contributed by atoms with van der Waals surface area (Å²) in [6.45, 7) is 1.73. The van der Waals surface area contributed by atoms with Gasteiger partial charge < -0.3 is 4.90 Å². The van der Waals surface area contributed by atoms with Gasteiger partial charge in [0.2, 0.25) is 0 Å². The molecular formula is C15H13ClF2N2O. The lowest BCUT2D eigenvalue weighted by atomic mass is 10.1. The van der Waals surface area contributed by atoms with Crippen molar-refractivity contribution >= 4 is 17.5 Å². The van der Waals surface area contributed by atoms with Gasteiger partial charge in [0.25, 0.3) is 5.91 Å². The molecule has 2 aromatic rings. The van der Waals surface area contributed by atoms with Crippen LogP contribution in [0.3, 0.4) is 0 Å². The molecule has 1 heterocycles. The van der Waals surface area contributed by atoms with Crippen LogP contribution in [0.1, 0.15) is 28.9 Å². The number of benzene rings is 1. The molecule has 0 fully saturated rings. The Labute approximate surface area is 126 Å². The van der Waals surface area contributed by atoms with Crippen LogP contribution in [0.2, 0.25) is 5.15 Å². The van der Waals surface area contributed by atoms with Crippen LogP contribution in [0.15, 0.2) is 36.5 Å². The smallest absolute Gasteiger partial charge is 0.254 e. The molecule has 0 spiro atoms. The minimum Gasteiger partial charge on any atom is -0.335 e. The minimum atomic E-state index is -0.938. The van der Waals surface area contributed by atoms with Crippen molar-refractivity contribution in [2.24, 2.45) is 0 Å². The number of rotatable bonds is 3. The molecule has 0 aliphatic heterocycles. The molecule has 0 N–H and O–H groups in total. The van der Waals surface area contributed by atoms with Crippen molar-refractivity contribution in [1.82, 2.24) is 9.88 Å². The van der Waals surface area contributed by atoms with Gasteiger partial charge in [-0.05, 0) is 36.8 Å². The Kier molecular flexibility index (Phi) is 4.53. The van der Waals surface area contributed by atoms with Crippen molar-refractivity contribution in [2.75, 3.05) is 7.05 Å². The first-order chi connectivity index (χ1) is 9.90. The number of halogens is 3. The van der Waals surface area contributed by atoms with Crippen molar-refractivity contribution in [1.29, 1.82) is 0 Å². The summed E-state index contributed by atoms with van der Waals surface area (Å²) < 4.78 is 26.2. The Morgan fingerprint density at radius 3 is 2.57 bits per heavy atom. The van der Waals surface area contributed by atoms with Crippen LogP contribution in [-0.2, 0) is 0 Å². The van der Waals surface area contributed by atoms with Crippen LogP contribution in [-0.4, -0.2) is 22.8 Å². The van der Waals surface area contributed by atoms with Crippen LogP contribution in [0.4, 0.5) is 8.78 Å². The van der Waals surface area contributed by atoms with E-state index >= 15 is 0 Å². The van der Waals surface area contributed by atoms with E-state index in [-0.39, 0.29) is 11.1 Å². The number of carbonyl (C=O) groups is 1. The number of carbonyl (C=O) groups excluding carboxylic acids is 1. The van der Waals surface area contributed by atoms with E-state index in [9.17, 15) is 13.6 Å². The third-order valence-corrected chi connectivity index (χ3v) is 3.51. The van der Waals surface area contributed by atoms with Gasteiger partial charge in [0.15, 0.2) is 11.6 Å². The molecule has 1 aromatic carbocycles. The SMILES string of the molecule is CC(c1ccc(F)c(F)c1)N(C)C(=O)c1ccnc(Cl)c1. The van der Waals surface area contributed by atoms with Gasteiger partial charge in [-0.3, -0.25) is 4.79 Å². The monoisotopic (exact) mass is 310 g/mol. The number of nitrogens with zero attached hydrogens (tertiary/aromatic N) is 2. The van der Waals surface area contributed by atoms with Crippen LogP contribution in [0, 0.1) is 11.6 Å². The van der Waals surface area contributed by atoms with Gasteiger partial charge in [0.1, 0.15) is 5.15 Å². The largest absolute Gasteiger partial charge is 0.335 e. The average molecular weight is 311 g/mol. The normalized spacial score (nSPS) is 12.0. The lowest BCUT2D eigenvalue weighted by Crippen LogP contribution is -2.29. The maximum atomic E-state index is 13.3. The predicted octanol–water partition coefficient (Wildman–Crippen LogP) is 3.85. The summed E-state index contributed by atoms with van der Waals surface area (Å²) in [5.74, 6) is -2.13. The Morgan fingerprint density at radius 1 is 1.24 bits per heavy atom. The molecule has 0 bridgehead atoms. The van der Waals surface area contributed by atoms with E-state index in [0.29, 0.717) is 11.1 Å². The molecular weight excluding hydrogens is 298 g/mol. The number of hydrogen-bond acceptors (Lipinski definition) is 2. The van der Waals surface area contributed by atoms with Gasteiger partial charge >= 0.3 is 0 Å². The molecule has 1 amide bonds. The zero-order valence-electron chi connectivity index (χ0n) is 11.5. The topological polar surface area (TPSA) is 33.2 Å². The molecule has 0 saturated carbocycles. The Bertz CT molecular complexity index is 678. The second-order valence-corrected chi connectivity index (χ2v) is 5.02. The van der Waals surface area contributed by atoms with Gasteiger partial charge in [0, 0.05) is 18.8 Å². The van der Waals surface area contributed by atoms with E-state index < -0.39 is 17.7 Å². The summed E-state index contributed by atoms with van der Waals surface area (Å²) in [6.07, 6.45) is 1.44. The molecule has 0 aliphatic carbocycles. The lowest BCUT2D eigenvalue weighted by Gasteiger charge is -2.25. The average Bonchev–Trinajstić information content (AvgIpc) is 2.47. The van der Waals surface area contributed by atoms with E-state index in [0.717, 1.165) is 12.1 Å². The first-order valence-corrected chi connectivity index (χ1v) is 6.61. The van der Waals surface area contributed by atoms with Gasteiger partial charge in [-0.1, -0.05) is 17.7 Å². The number of amides is 1. The number of pyridine rings is 1. The van der Waals surface area contributed by atoms with Gasteiger partial charge in [-0.25, -0.2) is 13.8 Å². The zero-order valence-corrected chi connectivity index (χ0v) is 12.2. The third kappa shape index (κ3) is 3.36.